The van der Waals surface area contributed by atoms with Gasteiger partial charge in [0.15, 0.2) is 11.4 Å². The highest BCUT2D eigenvalue weighted by atomic mass is 79.9. The van der Waals surface area contributed by atoms with Crippen molar-refractivity contribution in [2.75, 3.05) is 12.9 Å². The number of ether oxygens (including phenoxy) is 2. The quantitative estimate of drug-likeness (QED) is 0.449. The maximum atomic E-state index is 14.1. The average Bonchev–Trinajstić information content (AvgIpc) is 3.21. The SMILES string of the molecule is COc1cncc2c1[C@]1(O)C(=O)[C@H](SCC(F)(F)F)[C@@H](c3ccccc3)[C@]1(c1ccc(Br)cc1)O2. The van der Waals surface area contributed by atoms with Crippen LogP contribution in [-0.2, 0) is 16.0 Å². The molecule has 1 saturated carbocycles. The van der Waals surface area contributed by atoms with Crippen LogP contribution in [0.25, 0.3) is 0 Å². The fourth-order valence-electron chi connectivity index (χ4n) is 5.18. The number of hydrogen-bond acceptors (Lipinski definition) is 6. The van der Waals surface area contributed by atoms with Gasteiger partial charge in [-0.1, -0.05) is 58.4 Å². The van der Waals surface area contributed by atoms with Crippen molar-refractivity contribution in [2.45, 2.75) is 28.5 Å². The minimum Gasteiger partial charge on any atom is -0.495 e. The van der Waals surface area contributed by atoms with E-state index in [-0.39, 0.29) is 17.1 Å². The third-order valence-electron chi connectivity index (χ3n) is 6.48. The van der Waals surface area contributed by atoms with E-state index in [0.717, 1.165) is 4.47 Å². The third kappa shape index (κ3) is 3.56. The van der Waals surface area contributed by atoms with Gasteiger partial charge in [-0.3, -0.25) is 9.78 Å². The normalized spacial score (nSPS) is 27.3. The number of alkyl halides is 3. The summed E-state index contributed by atoms with van der Waals surface area (Å²) in [6.07, 6.45) is -1.78. The molecule has 0 radical (unpaired) electrons. The molecule has 3 aromatic rings. The molecule has 2 heterocycles. The van der Waals surface area contributed by atoms with Crippen LogP contribution in [0.3, 0.4) is 0 Å². The van der Waals surface area contributed by atoms with E-state index in [1.807, 2.05) is 0 Å². The summed E-state index contributed by atoms with van der Waals surface area (Å²) in [6, 6.07) is 15.6. The molecule has 0 amide bonds. The summed E-state index contributed by atoms with van der Waals surface area (Å²) in [4.78, 5) is 18.2. The Morgan fingerprint density at radius 1 is 1.14 bits per heavy atom. The van der Waals surface area contributed by atoms with Crippen LogP contribution >= 0.6 is 27.7 Å². The zero-order valence-electron chi connectivity index (χ0n) is 18.3. The lowest BCUT2D eigenvalue weighted by molar-refractivity contribution is -0.151. The number of fused-ring (bicyclic) bond motifs is 3. The Labute approximate surface area is 211 Å². The fraction of sp³-hybridized carbons (Fsp3) is 0.280. The Hall–Kier alpha value is -2.56. The number of ketones is 1. The van der Waals surface area contributed by atoms with Crippen LogP contribution in [0.1, 0.15) is 22.6 Å². The number of carbonyl (C=O) groups excluding carboxylic acids is 1. The van der Waals surface area contributed by atoms with Gasteiger partial charge in [-0.2, -0.15) is 13.2 Å². The summed E-state index contributed by atoms with van der Waals surface area (Å²) >= 11 is 3.85. The van der Waals surface area contributed by atoms with Crippen LogP contribution in [0.2, 0.25) is 0 Å². The lowest BCUT2D eigenvalue weighted by Crippen LogP contribution is -2.50. The molecule has 1 aromatic heterocycles. The van der Waals surface area contributed by atoms with Crippen LogP contribution in [-0.4, -0.2) is 40.2 Å². The first-order chi connectivity index (χ1) is 16.6. The molecule has 1 aliphatic carbocycles. The number of pyridine rings is 1. The molecular weight excluding hydrogens is 547 g/mol. The lowest BCUT2D eigenvalue weighted by Gasteiger charge is -2.39. The number of rotatable bonds is 5. The summed E-state index contributed by atoms with van der Waals surface area (Å²) in [5, 5.41) is 11.1. The van der Waals surface area contributed by atoms with E-state index in [9.17, 15) is 23.1 Å². The van der Waals surface area contributed by atoms with Gasteiger partial charge in [-0.05, 0) is 23.3 Å². The predicted molar refractivity (Wildman–Crippen MR) is 128 cm³/mol. The molecule has 1 N–H and O–H groups in total. The largest absolute Gasteiger partial charge is 0.495 e. The van der Waals surface area contributed by atoms with Gasteiger partial charge >= 0.3 is 6.18 Å². The molecule has 5 rings (SSSR count). The number of thioether (sulfide) groups is 1. The van der Waals surface area contributed by atoms with E-state index >= 15 is 0 Å². The predicted octanol–water partition coefficient (Wildman–Crippen LogP) is 5.36. The van der Waals surface area contributed by atoms with Gasteiger partial charge in [0.05, 0.1) is 42.0 Å². The highest BCUT2D eigenvalue weighted by molar-refractivity contribution is 9.10. The van der Waals surface area contributed by atoms with Crippen LogP contribution < -0.4 is 9.47 Å². The van der Waals surface area contributed by atoms with Crippen molar-refractivity contribution in [3.05, 3.63) is 88.2 Å². The fourth-order valence-corrected chi connectivity index (χ4v) is 6.68. The van der Waals surface area contributed by atoms with Gasteiger partial charge in [0.2, 0.25) is 5.60 Å². The molecule has 2 aliphatic rings. The molecular formula is C25H19BrF3NO4S. The van der Waals surface area contributed by atoms with Crippen LogP contribution in [0.4, 0.5) is 13.2 Å². The standard InChI is InChI=1S/C25H19BrF3NO4S/c1-33-17-11-30-12-18-20(17)24(32)22(31)21(35-13-23(27,28)29)19(14-5-3-2-4-6-14)25(24,34-18)15-7-9-16(26)10-8-15/h2-12,19,21,32H,13H2,1H3/t19-,21-,24+,25+/m1/s1. The molecule has 2 aromatic carbocycles. The van der Waals surface area contributed by atoms with Crippen molar-refractivity contribution in [3.63, 3.8) is 0 Å². The van der Waals surface area contributed by atoms with Crippen LogP contribution in [0.15, 0.2) is 71.5 Å². The number of carbonyl (C=O) groups is 1. The Balaban J connectivity index is 1.82. The van der Waals surface area contributed by atoms with Crippen molar-refractivity contribution < 1.29 is 32.5 Å². The molecule has 0 saturated heterocycles. The highest BCUT2D eigenvalue weighted by Crippen LogP contribution is 2.68. The van der Waals surface area contributed by atoms with Gasteiger partial charge in [-0.15, -0.1) is 11.8 Å². The van der Waals surface area contributed by atoms with Gasteiger partial charge < -0.3 is 14.6 Å². The lowest BCUT2D eigenvalue weighted by atomic mass is 9.71. The zero-order valence-corrected chi connectivity index (χ0v) is 20.7. The van der Waals surface area contributed by atoms with Crippen molar-refractivity contribution >= 4 is 33.5 Å². The van der Waals surface area contributed by atoms with Crippen LogP contribution in [0.5, 0.6) is 11.5 Å². The number of aromatic nitrogens is 1. The maximum absolute atomic E-state index is 14.1. The van der Waals surface area contributed by atoms with E-state index in [2.05, 4.69) is 20.9 Å². The molecule has 5 nitrogen and oxygen atoms in total. The Morgan fingerprint density at radius 2 is 1.83 bits per heavy atom. The average molecular weight is 566 g/mol. The molecule has 1 fully saturated rings. The van der Waals surface area contributed by atoms with E-state index < -0.39 is 40.1 Å². The molecule has 0 spiro atoms. The van der Waals surface area contributed by atoms with Crippen molar-refractivity contribution in [1.82, 2.24) is 4.98 Å². The molecule has 10 heteroatoms. The molecule has 4 atom stereocenters. The van der Waals surface area contributed by atoms with E-state index in [1.54, 1.807) is 54.6 Å². The monoisotopic (exact) mass is 565 g/mol. The second-order valence-corrected chi connectivity index (χ2v) is 10.4. The minimum atomic E-state index is -4.50. The molecule has 35 heavy (non-hydrogen) atoms. The summed E-state index contributed by atoms with van der Waals surface area (Å²) in [5.41, 5.74) is -3.00. The van der Waals surface area contributed by atoms with Crippen molar-refractivity contribution in [2.24, 2.45) is 0 Å². The molecule has 182 valence electrons. The number of benzene rings is 2. The van der Waals surface area contributed by atoms with Gasteiger partial charge in [-0.25, -0.2) is 0 Å². The third-order valence-corrected chi connectivity index (χ3v) is 8.35. The first-order valence-electron chi connectivity index (χ1n) is 10.6. The maximum Gasteiger partial charge on any atom is 0.397 e. The summed E-state index contributed by atoms with van der Waals surface area (Å²) in [7, 11) is 1.37. The Morgan fingerprint density at radius 3 is 2.46 bits per heavy atom. The van der Waals surface area contributed by atoms with Crippen LogP contribution in [0, 0.1) is 0 Å². The van der Waals surface area contributed by atoms with Gasteiger partial charge in [0.1, 0.15) is 11.5 Å². The summed E-state index contributed by atoms with van der Waals surface area (Å²) in [6.45, 7) is 0. The van der Waals surface area contributed by atoms with Crippen molar-refractivity contribution in [1.29, 1.82) is 0 Å². The molecule has 1 aliphatic heterocycles. The molecule has 0 unspecified atom stereocenters. The number of hydrogen-bond donors (Lipinski definition) is 1. The minimum absolute atomic E-state index is 0.0685. The number of aliphatic hydroxyl groups is 1. The van der Waals surface area contributed by atoms with E-state index in [0.29, 0.717) is 22.9 Å². The first kappa shape index (κ1) is 24.1. The summed E-state index contributed by atoms with van der Waals surface area (Å²) < 4.78 is 52.6. The zero-order chi connectivity index (χ0) is 25.0. The van der Waals surface area contributed by atoms with Crippen molar-refractivity contribution in [3.8, 4) is 11.5 Å². The second kappa shape index (κ2) is 8.53. The Bertz CT molecular complexity index is 1270. The van der Waals surface area contributed by atoms with E-state index in [1.165, 1.54) is 19.5 Å². The Kier molecular flexibility index (Phi) is 5.89. The number of nitrogens with zero attached hydrogens (tertiary/aromatic N) is 1. The first-order valence-corrected chi connectivity index (χ1v) is 12.4. The summed E-state index contributed by atoms with van der Waals surface area (Å²) in [5.74, 6) is -2.72. The number of halogens is 4. The van der Waals surface area contributed by atoms with E-state index in [4.69, 9.17) is 9.47 Å². The van der Waals surface area contributed by atoms with Gasteiger partial charge in [0, 0.05) is 4.47 Å². The number of Topliss-reactive ketones (excluding diaryl/α,β-unsaturated/α-hetero) is 1. The highest BCUT2D eigenvalue weighted by Gasteiger charge is 2.77. The smallest absolute Gasteiger partial charge is 0.397 e. The second-order valence-electron chi connectivity index (χ2n) is 8.37. The topological polar surface area (TPSA) is 68.7 Å². The number of methoxy groups -OCH3 is 1. The van der Waals surface area contributed by atoms with Gasteiger partial charge in [0.25, 0.3) is 0 Å². The molecule has 0 bridgehead atoms.